The number of rotatable bonds is 5. The van der Waals surface area contributed by atoms with Crippen LogP contribution in [-0.4, -0.2) is 24.6 Å². The first-order chi connectivity index (χ1) is 4.31. The van der Waals surface area contributed by atoms with Gasteiger partial charge in [0.15, 0.2) is 0 Å². The second-order valence-corrected chi connectivity index (χ2v) is 2.12. The van der Waals surface area contributed by atoms with Crippen molar-refractivity contribution in [1.29, 1.82) is 0 Å². The van der Waals surface area contributed by atoms with Crippen LogP contribution in [0.3, 0.4) is 0 Å². The van der Waals surface area contributed by atoms with Crippen molar-refractivity contribution in [2.45, 2.75) is 19.8 Å². The molecule has 0 aliphatic carbocycles. The van der Waals surface area contributed by atoms with Gasteiger partial charge in [0.25, 0.3) is 0 Å². The fraction of sp³-hybridized carbons (Fsp3) is 1.00. The fourth-order valence-electron chi connectivity index (χ4n) is 0.617. The van der Waals surface area contributed by atoms with E-state index in [1.807, 2.05) is 6.92 Å². The smallest absolute Gasteiger partial charge is 0.0128 e. The standard InChI is InChI=1S/C6H17N3/c1-2-9(8)6-4-3-5-7/h2-8H2,1H3. The highest BCUT2D eigenvalue weighted by atomic mass is 15.4. The van der Waals surface area contributed by atoms with E-state index in [2.05, 4.69) is 0 Å². The predicted molar refractivity (Wildman–Crippen MR) is 39.7 cm³/mol. The zero-order valence-electron chi connectivity index (χ0n) is 6.14. The molecule has 9 heavy (non-hydrogen) atoms. The minimum atomic E-state index is 0.775. The lowest BCUT2D eigenvalue weighted by atomic mass is 10.3. The van der Waals surface area contributed by atoms with Crippen LogP contribution >= 0.6 is 0 Å². The van der Waals surface area contributed by atoms with Crippen LogP contribution in [-0.2, 0) is 0 Å². The van der Waals surface area contributed by atoms with E-state index >= 15 is 0 Å². The van der Waals surface area contributed by atoms with Crippen LogP contribution in [0.15, 0.2) is 0 Å². The molecule has 0 heterocycles. The van der Waals surface area contributed by atoms with Gasteiger partial charge in [-0.05, 0) is 19.4 Å². The maximum Gasteiger partial charge on any atom is 0.0128 e. The Balaban J connectivity index is 2.88. The maximum absolute atomic E-state index is 5.51. The lowest BCUT2D eigenvalue weighted by Gasteiger charge is -2.11. The molecule has 3 nitrogen and oxygen atoms in total. The van der Waals surface area contributed by atoms with E-state index in [4.69, 9.17) is 11.6 Å². The van der Waals surface area contributed by atoms with Gasteiger partial charge in [-0.15, -0.1) is 0 Å². The van der Waals surface area contributed by atoms with E-state index in [9.17, 15) is 0 Å². The topological polar surface area (TPSA) is 55.3 Å². The lowest BCUT2D eigenvalue weighted by Crippen LogP contribution is -2.31. The molecule has 0 rings (SSSR count). The summed E-state index contributed by atoms with van der Waals surface area (Å²) in [6.45, 7) is 4.71. The van der Waals surface area contributed by atoms with Gasteiger partial charge in [-0.3, -0.25) is 5.84 Å². The first-order valence-corrected chi connectivity index (χ1v) is 3.51. The third kappa shape index (κ3) is 5.76. The number of hydrazine groups is 1. The van der Waals surface area contributed by atoms with Gasteiger partial charge in [0.05, 0.1) is 0 Å². The van der Waals surface area contributed by atoms with Crippen molar-refractivity contribution in [2.75, 3.05) is 19.6 Å². The number of nitrogens with zero attached hydrogens (tertiary/aromatic N) is 1. The van der Waals surface area contributed by atoms with Gasteiger partial charge in [-0.1, -0.05) is 6.92 Å². The quantitative estimate of drug-likeness (QED) is 0.312. The Morgan fingerprint density at radius 3 is 2.44 bits per heavy atom. The van der Waals surface area contributed by atoms with Crippen molar-refractivity contribution in [3.63, 3.8) is 0 Å². The van der Waals surface area contributed by atoms with Crippen molar-refractivity contribution in [3.8, 4) is 0 Å². The highest BCUT2D eigenvalue weighted by molar-refractivity contribution is 4.46. The number of nitrogens with two attached hydrogens (primary N) is 2. The van der Waals surface area contributed by atoms with Crippen molar-refractivity contribution in [3.05, 3.63) is 0 Å². The summed E-state index contributed by atoms with van der Waals surface area (Å²) in [6, 6.07) is 0. The van der Waals surface area contributed by atoms with Crippen molar-refractivity contribution < 1.29 is 0 Å². The summed E-state index contributed by atoms with van der Waals surface area (Å²) in [5.41, 5.74) is 5.30. The molecule has 0 spiro atoms. The first kappa shape index (κ1) is 8.88. The summed E-state index contributed by atoms with van der Waals surface area (Å²) in [6.07, 6.45) is 2.19. The van der Waals surface area contributed by atoms with Gasteiger partial charge in [-0.25, -0.2) is 5.01 Å². The van der Waals surface area contributed by atoms with Gasteiger partial charge in [0.1, 0.15) is 0 Å². The molecule has 0 saturated carbocycles. The van der Waals surface area contributed by atoms with Crippen LogP contribution in [0, 0.1) is 0 Å². The molecule has 0 unspecified atom stereocenters. The monoisotopic (exact) mass is 131 g/mol. The van der Waals surface area contributed by atoms with Gasteiger partial charge >= 0.3 is 0 Å². The van der Waals surface area contributed by atoms with E-state index < -0.39 is 0 Å². The number of hydrogen-bond donors (Lipinski definition) is 2. The molecule has 0 saturated heterocycles. The van der Waals surface area contributed by atoms with Crippen LogP contribution in [0.5, 0.6) is 0 Å². The molecule has 0 aromatic carbocycles. The first-order valence-electron chi connectivity index (χ1n) is 3.51. The third-order valence-corrected chi connectivity index (χ3v) is 1.31. The molecule has 0 aromatic rings. The molecule has 0 aliphatic heterocycles. The summed E-state index contributed by atoms with van der Waals surface area (Å²) < 4.78 is 0. The molecule has 56 valence electrons. The van der Waals surface area contributed by atoms with E-state index in [1.54, 1.807) is 5.01 Å². The summed E-state index contributed by atoms with van der Waals surface area (Å²) in [4.78, 5) is 0. The molecule has 0 fully saturated rings. The average Bonchev–Trinajstić information content (AvgIpc) is 1.89. The molecule has 0 amide bonds. The Morgan fingerprint density at radius 1 is 1.33 bits per heavy atom. The lowest BCUT2D eigenvalue weighted by molar-refractivity contribution is 0.293. The van der Waals surface area contributed by atoms with Gasteiger partial charge in [-0.2, -0.15) is 0 Å². The molecule has 0 radical (unpaired) electrons. The summed E-state index contributed by atoms with van der Waals surface area (Å²) >= 11 is 0. The van der Waals surface area contributed by atoms with Gasteiger partial charge in [0.2, 0.25) is 0 Å². The Morgan fingerprint density at radius 2 is 2.00 bits per heavy atom. The van der Waals surface area contributed by atoms with Crippen LogP contribution in [0.2, 0.25) is 0 Å². The third-order valence-electron chi connectivity index (χ3n) is 1.31. The van der Waals surface area contributed by atoms with E-state index in [0.29, 0.717) is 0 Å². The molecule has 0 bridgehead atoms. The molecular formula is C6H17N3. The zero-order valence-corrected chi connectivity index (χ0v) is 6.14. The van der Waals surface area contributed by atoms with Crippen LogP contribution < -0.4 is 11.6 Å². The number of hydrogen-bond acceptors (Lipinski definition) is 3. The zero-order chi connectivity index (χ0) is 7.11. The van der Waals surface area contributed by atoms with Crippen molar-refractivity contribution in [2.24, 2.45) is 11.6 Å². The summed E-state index contributed by atoms with van der Waals surface area (Å²) in [7, 11) is 0. The Bertz CT molecular complexity index is 56.3. The van der Waals surface area contributed by atoms with Crippen molar-refractivity contribution >= 4 is 0 Å². The molecule has 0 aromatic heterocycles. The van der Waals surface area contributed by atoms with Crippen LogP contribution in [0.4, 0.5) is 0 Å². The van der Waals surface area contributed by atoms with E-state index in [1.165, 1.54) is 0 Å². The normalized spacial score (nSPS) is 10.7. The Kier molecular flexibility index (Phi) is 5.93. The predicted octanol–water partition coefficient (Wildman–Crippen LogP) is -0.0791. The van der Waals surface area contributed by atoms with E-state index in [0.717, 1.165) is 32.5 Å². The van der Waals surface area contributed by atoms with Crippen molar-refractivity contribution in [1.82, 2.24) is 5.01 Å². The molecule has 4 N–H and O–H groups in total. The van der Waals surface area contributed by atoms with Gasteiger partial charge < -0.3 is 5.73 Å². The van der Waals surface area contributed by atoms with Crippen LogP contribution in [0.1, 0.15) is 19.8 Å². The fourth-order valence-corrected chi connectivity index (χ4v) is 0.617. The van der Waals surface area contributed by atoms with Gasteiger partial charge in [0, 0.05) is 13.1 Å². The summed E-state index contributed by atoms with van der Waals surface area (Å²) in [5.74, 6) is 5.51. The molecule has 0 atom stereocenters. The summed E-state index contributed by atoms with van der Waals surface area (Å²) in [5, 5.41) is 1.80. The number of unbranched alkanes of at least 4 members (excludes halogenated alkanes) is 1. The second kappa shape index (κ2) is 6.01. The minimum absolute atomic E-state index is 0.775. The molecule has 3 heteroatoms. The highest BCUT2D eigenvalue weighted by Gasteiger charge is 1.91. The van der Waals surface area contributed by atoms with E-state index in [-0.39, 0.29) is 0 Å². The highest BCUT2D eigenvalue weighted by Crippen LogP contribution is 1.86. The van der Waals surface area contributed by atoms with Crippen LogP contribution in [0.25, 0.3) is 0 Å². The average molecular weight is 131 g/mol. The Hall–Kier alpha value is -0.120. The minimum Gasteiger partial charge on any atom is -0.330 e. The SMILES string of the molecule is CCN(N)CCCCN. The largest absolute Gasteiger partial charge is 0.330 e. The second-order valence-electron chi connectivity index (χ2n) is 2.12. The maximum atomic E-state index is 5.51. The molecular weight excluding hydrogens is 114 g/mol. The molecule has 0 aliphatic rings. The Labute approximate surface area is 57.0 Å².